The molecule has 0 unspecified atom stereocenters. The van der Waals surface area contributed by atoms with Crippen LogP contribution in [-0.4, -0.2) is 48.7 Å². The van der Waals surface area contributed by atoms with E-state index in [1.165, 1.54) is 24.4 Å². The van der Waals surface area contributed by atoms with Crippen molar-refractivity contribution < 1.29 is 36.6 Å². The summed E-state index contributed by atoms with van der Waals surface area (Å²) in [5.74, 6) is 0.0635. The lowest BCUT2D eigenvalue weighted by molar-refractivity contribution is -0.137. The van der Waals surface area contributed by atoms with E-state index in [1.54, 1.807) is 0 Å². The average molecular weight is 427 g/mol. The fraction of sp³-hybridized carbons (Fsp3) is 0.125. The summed E-state index contributed by atoms with van der Waals surface area (Å²) in [7, 11) is -5.43. The minimum atomic E-state index is -4.60. The topological polar surface area (TPSA) is 112 Å². The van der Waals surface area contributed by atoms with Gasteiger partial charge in [-0.05, 0) is 41.4 Å². The summed E-state index contributed by atoms with van der Waals surface area (Å²) in [6, 6.07) is 6.91. The van der Waals surface area contributed by atoms with E-state index in [9.17, 15) is 26.6 Å². The van der Waals surface area contributed by atoms with E-state index < -0.39 is 28.8 Å². The van der Waals surface area contributed by atoms with Gasteiger partial charge in [0.05, 0.1) is 24.2 Å². The normalized spacial score (nSPS) is 14.4. The van der Waals surface area contributed by atoms with Crippen LogP contribution in [0, 0.1) is 0 Å². The first-order valence-electron chi connectivity index (χ1n) is 7.92. The minimum absolute atomic E-state index is 0.0466. The summed E-state index contributed by atoms with van der Waals surface area (Å²) >= 11 is 0. The maximum absolute atomic E-state index is 12.9. The van der Waals surface area contributed by atoms with E-state index in [1.807, 2.05) is 0 Å². The van der Waals surface area contributed by atoms with Crippen molar-refractivity contribution in [3.8, 4) is 11.5 Å². The van der Waals surface area contributed by atoms with Crippen LogP contribution < -0.4 is 10.2 Å². The molecular formula is C16H13BF3N3O5S. The van der Waals surface area contributed by atoms with Gasteiger partial charge in [0.15, 0.2) is 0 Å². The Morgan fingerprint density at radius 2 is 1.97 bits per heavy atom. The fourth-order valence-electron chi connectivity index (χ4n) is 2.63. The van der Waals surface area contributed by atoms with Crippen LogP contribution in [0.3, 0.4) is 0 Å². The number of nitrogens with zero attached hydrogens (tertiary/aromatic N) is 3. The summed E-state index contributed by atoms with van der Waals surface area (Å²) < 4.78 is 68.2. The average Bonchev–Trinajstić information content (AvgIpc) is 2.62. The molecule has 152 valence electrons. The number of rotatable bonds is 4. The number of hydrogen-bond donors (Lipinski definition) is 2. The number of benzene rings is 2. The van der Waals surface area contributed by atoms with Crippen LogP contribution in [-0.2, 0) is 16.2 Å². The quantitative estimate of drug-likeness (QED) is 0.333. The number of ether oxygens (including phenoxy) is 1. The van der Waals surface area contributed by atoms with Gasteiger partial charge in [0.2, 0.25) is 10.0 Å². The Bertz CT molecular complexity index is 1110. The Kier molecular flexibility index (Phi) is 5.28. The molecule has 0 bridgehead atoms. The molecule has 2 N–H and O–H groups in total. The lowest BCUT2D eigenvalue weighted by Gasteiger charge is -2.24. The molecule has 1 aliphatic rings. The molecule has 0 saturated carbocycles. The number of sulfonamides is 1. The summed E-state index contributed by atoms with van der Waals surface area (Å²) in [6.07, 6.45) is -1.69. The Morgan fingerprint density at radius 3 is 2.59 bits per heavy atom. The molecule has 0 saturated heterocycles. The lowest BCUT2D eigenvalue weighted by Crippen LogP contribution is -2.51. The third-order valence-corrected chi connectivity index (χ3v) is 4.93. The van der Waals surface area contributed by atoms with Crippen molar-refractivity contribution in [1.82, 2.24) is 4.33 Å². The van der Waals surface area contributed by atoms with Crippen LogP contribution in [0.4, 0.5) is 13.2 Å². The second-order valence-electron chi connectivity index (χ2n) is 6.04. The third kappa shape index (κ3) is 4.35. The fourth-order valence-corrected chi connectivity index (χ4v) is 3.33. The van der Waals surface area contributed by atoms with E-state index in [-0.39, 0.29) is 22.5 Å². The molecule has 0 atom stereocenters. The van der Waals surface area contributed by atoms with Crippen molar-refractivity contribution in [2.75, 3.05) is 6.26 Å². The van der Waals surface area contributed by atoms with E-state index in [2.05, 4.69) is 10.3 Å². The molecule has 13 heteroatoms. The van der Waals surface area contributed by atoms with Gasteiger partial charge in [0.25, 0.3) is 0 Å². The second kappa shape index (κ2) is 7.41. The number of halogens is 3. The SMILES string of the molecule is CS(=O)(=O)N1N=Cc2ccc(Oc3ccc(C(F)(F)F)cc3/C=N/O)cc2B1O. The number of hydrazone groups is 1. The zero-order valence-electron chi connectivity index (χ0n) is 14.7. The van der Waals surface area contributed by atoms with Crippen LogP contribution in [0.5, 0.6) is 11.5 Å². The van der Waals surface area contributed by atoms with Crippen molar-refractivity contribution in [3.63, 3.8) is 0 Å². The van der Waals surface area contributed by atoms with Crippen LogP contribution in [0.15, 0.2) is 46.7 Å². The first-order valence-corrected chi connectivity index (χ1v) is 9.77. The largest absolute Gasteiger partial charge is 0.484 e. The summed E-state index contributed by atoms with van der Waals surface area (Å²) in [6.45, 7) is 0. The van der Waals surface area contributed by atoms with Crippen molar-refractivity contribution in [2.45, 2.75) is 6.18 Å². The molecule has 0 radical (unpaired) electrons. The third-order valence-electron chi connectivity index (χ3n) is 3.96. The van der Waals surface area contributed by atoms with Gasteiger partial charge in [-0.15, -0.1) is 0 Å². The molecule has 2 aromatic carbocycles. The standard InChI is InChI=1S/C16H13BF3N3O5S/c1-29(26,27)23-17(24)14-7-13(4-2-10(14)8-21-23)28-15-5-3-12(16(18,19)20)6-11(15)9-22-25/h2-9,24-25H,1H3/b22-9+. The number of alkyl halides is 3. The summed E-state index contributed by atoms with van der Waals surface area (Å²) in [5, 5.41) is 25.5. The van der Waals surface area contributed by atoms with Gasteiger partial charge in [-0.25, -0.2) is 12.7 Å². The van der Waals surface area contributed by atoms with Crippen molar-refractivity contribution in [2.24, 2.45) is 10.3 Å². The smallest absolute Gasteiger partial charge is 0.457 e. The van der Waals surface area contributed by atoms with E-state index >= 15 is 0 Å². The van der Waals surface area contributed by atoms with Crippen LogP contribution in [0.25, 0.3) is 0 Å². The molecule has 0 spiro atoms. The van der Waals surface area contributed by atoms with E-state index in [0.717, 1.165) is 30.7 Å². The highest BCUT2D eigenvalue weighted by Crippen LogP contribution is 2.33. The number of oxime groups is 1. The molecule has 0 amide bonds. The monoisotopic (exact) mass is 427 g/mol. The first kappa shape index (κ1) is 20.7. The Morgan fingerprint density at radius 1 is 1.24 bits per heavy atom. The highest BCUT2D eigenvalue weighted by atomic mass is 32.2. The van der Waals surface area contributed by atoms with Crippen LogP contribution in [0.2, 0.25) is 0 Å². The van der Waals surface area contributed by atoms with Crippen molar-refractivity contribution in [1.29, 1.82) is 0 Å². The lowest BCUT2D eigenvalue weighted by atomic mass is 9.71. The van der Waals surface area contributed by atoms with Gasteiger partial charge in [-0.1, -0.05) is 11.2 Å². The van der Waals surface area contributed by atoms with Crippen molar-refractivity contribution >= 4 is 35.0 Å². The zero-order valence-corrected chi connectivity index (χ0v) is 15.5. The molecule has 0 aliphatic carbocycles. The molecule has 2 aromatic rings. The minimum Gasteiger partial charge on any atom is -0.457 e. The van der Waals surface area contributed by atoms with Gasteiger partial charge in [0, 0.05) is 5.56 Å². The molecule has 1 heterocycles. The highest BCUT2D eigenvalue weighted by molar-refractivity contribution is 7.89. The van der Waals surface area contributed by atoms with Gasteiger partial charge in [0.1, 0.15) is 11.5 Å². The van der Waals surface area contributed by atoms with Crippen LogP contribution in [0.1, 0.15) is 16.7 Å². The first-order chi connectivity index (χ1) is 13.5. The highest BCUT2D eigenvalue weighted by Gasteiger charge is 2.35. The molecule has 0 fully saturated rings. The predicted octanol–water partition coefficient (Wildman–Crippen LogP) is 1.60. The molecular weight excluding hydrogens is 414 g/mol. The van der Waals surface area contributed by atoms with Gasteiger partial charge >= 0.3 is 13.2 Å². The molecule has 29 heavy (non-hydrogen) atoms. The van der Waals surface area contributed by atoms with Crippen LogP contribution >= 0.6 is 0 Å². The Balaban J connectivity index is 1.97. The number of fused-ring (bicyclic) bond motifs is 1. The van der Waals surface area contributed by atoms with Crippen molar-refractivity contribution in [3.05, 3.63) is 53.1 Å². The zero-order chi connectivity index (χ0) is 21.4. The summed E-state index contributed by atoms with van der Waals surface area (Å²) in [4.78, 5) is 0. The second-order valence-corrected chi connectivity index (χ2v) is 7.88. The maximum Gasteiger partial charge on any atom is 0.484 e. The van der Waals surface area contributed by atoms with E-state index in [0.29, 0.717) is 9.89 Å². The Hall–Kier alpha value is -3.06. The van der Waals surface area contributed by atoms with Gasteiger partial charge in [-0.2, -0.15) is 18.3 Å². The molecule has 0 aromatic heterocycles. The van der Waals surface area contributed by atoms with E-state index in [4.69, 9.17) is 9.94 Å². The summed E-state index contributed by atoms with van der Waals surface area (Å²) in [5.41, 5.74) is -0.484. The predicted molar refractivity (Wildman–Crippen MR) is 99.2 cm³/mol. The van der Waals surface area contributed by atoms with Gasteiger partial charge in [-0.3, -0.25) is 0 Å². The van der Waals surface area contributed by atoms with Gasteiger partial charge < -0.3 is 15.0 Å². The molecule has 3 rings (SSSR count). The maximum atomic E-state index is 12.9. The molecule has 8 nitrogen and oxygen atoms in total. The Labute approximate surface area is 163 Å². The number of hydrogen-bond acceptors (Lipinski definition) is 7. The molecule has 1 aliphatic heterocycles.